The number of thiazole rings is 2. The topological polar surface area (TPSA) is 227 Å². The number of hydrogen-bond acceptors (Lipinski definition) is 13. The molecule has 5 heterocycles. The number of nitrogens with two attached hydrogens (primary N) is 2. The van der Waals surface area contributed by atoms with Crippen molar-refractivity contribution >= 4 is 84.4 Å². The number of fused-ring (bicyclic) bond motifs is 2. The highest BCUT2D eigenvalue weighted by Gasteiger charge is 2.55. The molecule has 15 nitrogen and oxygen atoms in total. The number of thioether (sulfide) groups is 1. The van der Waals surface area contributed by atoms with E-state index < -0.39 is 40.8 Å². The summed E-state index contributed by atoms with van der Waals surface area (Å²) in [5, 5.41) is 26.9. The maximum atomic E-state index is 13.2. The van der Waals surface area contributed by atoms with Crippen molar-refractivity contribution in [1.29, 1.82) is 0 Å². The number of rotatable bonds is 9. The summed E-state index contributed by atoms with van der Waals surface area (Å²) >= 11 is 3.66. The van der Waals surface area contributed by atoms with Gasteiger partial charge in [-0.05, 0) is 13.8 Å². The number of carbonyl (C=O) groups excluding carboxylic acids is 2. The second-order valence-electron chi connectivity index (χ2n) is 9.45. The van der Waals surface area contributed by atoms with Crippen LogP contribution in [0.1, 0.15) is 19.5 Å². The largest absolute Gasteiger partial charge is 0.478 e. The molecule has 0 bridgehead atoms. The number of aromatic nitrogens is 3. The Morgan fingerprint density at radius 3 is 2.68 bits per heavy atom. The fourth-order valence-electron chi connectivity index (χ4n) is 4.07. The van der Waals surface area contributed by atoms with Crippen LogP contribution in [-0.2, 0) is 30.6 Å². The Labute approximate surface area is 243 Å². The van der Waals surface area contributed by atoms with Crippen molar-refractivity contribution in [3.63, 3.8) is 0 Å². The van der Waals surface area contributed by atoms with Gasteiger partial charge in [0.2, 0.25) is 5.60 Å². The van der Waals surface area contributed by atoms with Crippen LogP contribution in [0, 0.1) is 0 Å². The van der Waals surface area contributed by atoms with Gasteiger partial charge in [0.05, 0.1) is 4.70 Å². The van der Waals surface area contributed by atoms with Gasteiger partial charge in [0.1, 0.15) is 28.3 Å². The average Bonchev–Trinajstić information content (AvgIpc) is 3.50. The van der Waals surface area contributed by atoms with Crippen LogP contribution in [0.15, 0.2) is 40.3 Å². The summed E-state index contributed by atoms with van der Waals surface area (Å²) < 4.78 is 2.66. The van der Waals surface area contributed by atoms with Gasteiger partial charge in [-0.1, -0.05) is 16.5 Å². The number of nitrogens with zero attached hydrogens (tertiary/aromatic N) is 5. The third-order valence-corrected chi connectivity index (χ3v) is 9.05. The number of β-lactam (4-membered cyclic amide) rings is 1. The first-order valence-corrected chi connectivity index (χ1v) is 14.6. The molecule has 18 heteroatoms. The van der Waals surface area contributed by atoms with Crippen molar-refractivity contribution in [2.24, 2.45) is 5.16 Å². The number of oxime groups is 1. The van der Waals surface area contributed by atoms with E-state index in [9.17, 15) is 29.4 Å². The molecule has 2 aliphatic heterocycles. The molecule has 7 N–H and O–H groups in total. The first-order chi connectivity index (χ1) is 19.4. The lowest BCUT2D eigenvalue weighted by Crippen LogP contribution is -2.71. The number of aliphatic carboxylic acids is 2. The quantitative estimate of drug-likeness (QED) is 0.0938. The summed E-state index contributed by atoms with van der Waals surface area (Å²) in [4.78, 5) is 64.6. The van der Waals surface area contributed by atoms with Gasteiger partial charge in [0.15, 0.2) is 34.9 Å². The standard InChI is InChI=1S/C23H22N8O7S3/c1-23(2,20(36)37)38-29-13(11-8-40-21(24)27-11)16(32)28-14-17(33)31-15(19(34)35)9(7-39-18(14)31)5-30-4-3-12-10(6-30)26-22(25)41-12/h3-4,6,8,14,18H,5,7H2,1-2H3,(H6-,24,25,26,27,28,32,34,35,36,37)/p+1/b29-13-/t14?,18-/m0/s1. The highest BCUT2D eigenvalue weighted by molar-refractivity contribution is 8.00. The van der Waals surface area contributed by atoms with Gasteiger partial charge in [0, 0.05) is 22.8 Å². The molecule has 1 unspecified atom stereocenters. The molecule has 0 radical (unpaired) electrons. The van der Waals surface area contributed by atoms with Crippen molar-refractivity contribution in [2.45, 2.75) is 37.4 Å². The van der Waals surface area contributed by atoms with E-state index in [-0.39, 0.29) is 34.5 Å². The molecule has 3 aromatic heterocycles. The number of pyridine rings is 1. The molecule has 214 valence electrons. The summed E-state index contributed by atoms with van der Waals surface area (Å²) in [5.74, 6) is -3.80. The normalized spacial score (nSPS) is 19.1. The summed E-state index contributed by atoms with van der Waals surface area (Å²) in [6, 6.07) is 0.763. The van der Waals surface area contributed by atoms with Crippen molar-refractivity contribution in [2.75, 3.05) is 17.2 Å². The zero-order valence-corrected chi connectivity index (χ0v) is 23.9. The molecule has 0 spiro atoms. The Balaban J connectivity index is 1.36. The Kier molecular flexibility index (Phi) is 7.30. The summed E-state index contributed by atoms with van der Waals surface area (Å²) in [6.45, 7) is 2.69. The van der Waals surface area contributed by atoms with E-state index in [1.54, 1.807) is 17.0 Å². The second-order valence-corrected chi connectivity index (χ2v) is 12.5. The van der Waals surface area contributed by atoms with Gasteiger partial charge >= 0.3 is 11.9 Å². The highest BCUT2D eigenvalue weighted by atomic mass is 32.2. The smallest absolute Gasteiger partial charge is 0.352 e. The first-order valence-electron chi connectivity index (χ1n) is 11.8. The van der Waals surface area contributed by atoms with Crippen LogP contribution in [0.5, 0.6) is 0 Å². The minimum atomic E-state index is -1.76. The van der Waals surface area contributed by atoms with Gasteiger partial charge in [-0.2, -0.15) is 4.57 Å². The van der Waals surface area contributed by atoms with Crippen molar-refractivity contribution < 1.29 is 38.8 Å². The van der Waals surface area contributed by atoms with Crippen LogP contribution < -0.4 is 21.4 Å². The zero-order chi connectivity index (χ0) is 29.6. The fourth-order valence-corrected chi connectivity index (χ4v) is 6.65. The number of nitrogens with one attached hydrogen (secondary N) is 1. The molecule has 2 amide bonds. The zero-order valence-electron chi connectivity index (χ0n) is 21.4. The number of carboxylic acid groups (broad SMARTS) is 2. The Morgan fingerprint density at radius 2 is 2.02 bits per heavy atom. The monoisotopic (exact) mass is 619 g/mol. The Hall–Kier alpha value is -4.29. The predicted molar refractivity (Wildman–Crippen MR) is 150 cm³/mol. The third-order valence-electron chi connectivity index (χ3n) is 6.17. The van der Waals surface area contributed by atoms with E-state index in [2.05, 4.69) is 20.4 Å². The molecule has 1 fully saturated rings. The summed E-state index contributed by atoms with van der Waals surface area (Å²) in [7, 11) is 0. The van der Waals surface area contributed by atoms with Gasteiger partial charge in [0.25, 0.3) is 11.8 Å². The summed E-state index contributed by atoms with van der Waals surface area (Å²) in [6.07, 6.45) is 3.54. The molecule has 3 aromatic rings. The molecule has 0 saturated carbocycles. The molecule has 0 aromatic carbocycles. The average molecular weight is 620 g/mol. The van der Waals surface area contributed by atoms with Crippen molar-refractivity contribution in [3.8, 4) is 0 Å². The Bertz CT molecular complexity index is 1660. The van der Waals surface area contributed by atoms with E-state index in [1.165, 1.54) is 42.3 Å². The van der Waals surface area contributed by atoms with E-state index in [1.807, 2.05) is 6.07 Å². The van der Waals surface area contributed by atoms with Crippen molar-refractivity contribution in [3.05, 3.63) is 40.8 Å². The van der Waals surface area contributed by atoms with Crippen LogP contribution in [-0.4, -0.2) is 77.3 Å². The van der Waals surface area contributed by atoms with Crippen LogP contribution in [0.25, 0.3) is 10.2 Å². The van der Waals surface area contributed by atoms with Crippen LogP contribution in [0.2, 0.25) is 0 Å². The minimum absolute atomic E-state index is 0.0235. The lowest BCUT2D eigenvalue weighted by Gasteiger charge is -2.49. The Morgan fingerprint density at radius 1 is 1.27 bits per heavy atom. The van der Waals surface area contributed by atoms with Gasteiger partial charge in [-0.15, -0.1) is 23.1 Å². The van der Waals surface area contributed by atoms with Gasteiger partial charge < -0.3 is 31.8 Å². The van der Waals surface area contributed by atoms with Crippen LogP contribution >= 0.6 is 34.4 Å². The van der Waals surface area contributed by atoms with E-state index in [4.69, 9.17) is 16.3 Å². The number of carbonyl (C=O) groups is 4. The maximum Gasteiger partial charge on any atom is 0.352 e. The molecule has 0 aliphatic carbocycles. The number of amides is 2. The number of nitrogen functional groups attached to an aromatic ring is 2. The van der Waals surface area contributed by atoms with E-state index in [0.29, 0.717) is 16.2 Å². The van der Waals surface area contributed by atoms with Crippen molar-refractivity contribution in [1.82, 2.24) is 20.2 Å². The lowest BCUT2D eigenvalue weighted by atomic mass is 10.0. The van der Waals surface area contributed by atoms with Crippen LogP contribution in [0.4, 0.5) is 10.3 Å². The second kappa shape index (κ2) is 10.6. The fraction of sp³-hybridized carbons (Fsp3) is 0.304. The molecule has 1 saturated heterocycles. The van der Waals surface area contributed by atoms with Gasteiger partial charge in [-0.25, -0.2) is 19.6 Å². The highest BCUT2D eigenvalue weighted by Crippen LogP contribution is 2.40. The summed E-state index contributed by atoms with van der Waals surface area (Å²) in [5.41, 5.74) is 10.4. The molecule has 2 aliphatic rings. The third kappa shape index (κ3) is 5.40. The minimum Gasteiger partial charge on any atom is -0.478 e. The molecular weight excluding hydrogens is 597 g/mol. The SMILES string of the molecule is CC(C)(O/N=C(\C(=O)NC1C(=O)N2C(C(=O)O)=C(C[n+]3ccc4sc(N)nc4c3)CS[C@@H]12)c1csc(N)n1)C(=O)O. The lowest BCUT2D eigenvalue weighted by molar-refractivity contribution is -0.687. The first kappa shape index (κ1) is 28.2. The maximum absolute atomic E-state index is 13.2. The molecule has 5 rings (SSSR count). The number of hydrogen-bond donors (Lipinski definition) is 5. The van der Waals surface area contributed by atoms with Crippen LogP contribution in [0.3, 0.4) is 0 Å². The number of carboxylic acids is 2. The predicted octanol–water partition coefficient (Wildman–Crippen LogP) is 0.227. The van der Waals surface area contributed by atoms with Gasteiger partial charge in [-0.3, -0.25) is 14.5 Å². The molecule has 2 atom stereocenters. The number of anilines is 2. The molecule has 41 heavy (non-hydrogen) atoms. The van der Waals surface area contributed by atoms with E-state index in [0.717, 1.165) is 20.9 Å². The molecular formula is C23H23N8O7S3+. The van der Waals surface area contributed by atoms with E-state index >= 15 is 0 Å².